The first kappa shape index (κ1) is 22.3. The van der Waals surface area contributed by atoms with Gasteiger partial charge in [-0.15, -0.1) is 24.0 Å². The number of halogens is 1. The molecule has 3 heterocycles. The number of aryl methyl sites for hydroxylation is 1. The molecule has 160 valence electrons. The molecule has 2 atom stereocenters. The van der Waals surface area contributed by atoms with Gasteiger partial charge in [-0.1, -0.05) is 24.6 Å². The molecule has 1 fully saturated rings. The van der Waals surface area contributed by atoms with E-state index in [0.717, 1.165) is 36.7 Å². The summed E-state index contributed by atoms with van der Waals surface area (Å²) in [5, 5.41) is 3.44. The molecule has 1 N–H and O–H groups in total. The van der Waals surface area contributed by atoms with Crippen molar-refractivity contribution >= 4 is 29.9 Å². The van der Waals surface area contributed by atoms with Gasteiger partial charge >= 0.3 is 0 Å². The predicted octanol–water partition coefficient (Wildman–Crippen LogP) is 4.12. The van der Waals surface area contributed by atoms with Crippen molar-refractivity contribution in [2.45, 2.75) is 32.9 Å². The summed E-state index contributed by atoms with van der Waals surface area (Å²) in [6.07, 6.45) is 8.62. The zero-order valence-corrected chi connectivity index (χ0v) is 20.0. The van der Waals surface area contributed by atoms with E-state index in [1.165, 1.54) is 5.56 Å². The fourth-order valence-electron chi connectivity index (χ4n) is 3.81. The molecular weight excluding hydrogens is 491 g/mol. The number of hydrogen-bond donors (Lipinski definition) is 1. The van der Waals surface area contributed by atoms with E-state index in [1.807, 2.05) is 37.9 Å². The van der Waals surface area contributed by atoms with Crippen molar-refractivity contribution in [1.82, 2.24) is 24.8 Å². The lowest BCUT2D eigenvalue weighted by Gasteiger charge is -2.39. The summed E-state index contributed by atoms with van der Waals surface area (Å²) >= 11 is 0. The summed E-state index contributed by atoms with van der Waals surface area (Å²) in [6.45, 7) is 6.84. The Bertz CT molecular complexity index is 950. The van der Waals surface area contributed by atoms with Crippen LogP contribution in [0.2, 0.25) is 0 Å². The van der Waals surface area contributed by atoms with Gasteiger partial charge in [-0.25, -0.2) is 9.97 Å². The number of nitrogens with zero attached hydrogens (tertiary/aromatic N) is 5. The molecule has 4 rings (SSSR count). The maximum absolute atomic E-state index is 5.67. The molecule has 0 bridgehead atoms. The number of rotatable bonds is 4. The molecule has 8 heteroatoms. The van der Waals surface area contributed by atoms with Gasteiger partial charge in [-0.05, 0) is 31.4 Å². The van der Waals surface area contributed by atoms with Crippen LogP contribution >= 0.6 is 24.0 Å². The standard InChI is InChI=1S/C22H28N6O.HI/c1-16-4-6-18(7-5-16)21-26-19(14-29-21)12-25-22(23-3)27-10-8-17(2)20(13-27)28-11-9-24-15-28;/h4-7,9,11,14-15,17,20H,8,10,12-13H2,1-3H3,(H,23,25);1H. The molecule has 1 aliphatic heterocycles. The first-order valence-electron chi connectivity index (χ1n) is 10.1. The maximum atomic E-state index is 5.67. The monoisotopic (exact) mass is 520 g/mol. The van der Waals surface area contributed by atoms with Gasteiger partial charge in [0.05, 0.1) is 24.6 Å². The van der Waals surface area contributed by atoms with Gasteiger partial charge in [0.2, 0.25) is 5.89 Å². The highest BCUT2D eigenvalue weighted by Crippen LogP contribution is 2.27. The van der Waals surface area contributed by atoms with E-state index in [9.17, 15) is 0 Å². The van der Waals surface area contributed by atoms with Gasteiger partial charge in [0.1, 0.15) is 6.26 Å². The van der Waals surface area contributed by atoms with Crippen molar-refractivity contribution in [1.29, 1.82) is 0 Å². The van der Waals surface area contributed by atoms with E-state index in [2.05, 4.69) is 55.7 Å². The average Bonchev–Trinajstić information content (AvgIpc) is 3.42. The van der Waals surface area contributed by atoms with E-state index in [4.69, 9.17) is 4.42 Å². The number of hydrogen-bond acceptors (Lipinski definition) is 4. The normalized spacial score (nSPS) is 19.4. The molecule has 3 aromatic rings. The first-order valence-corrected chi connectivity index (χ1v) is 10.1. The molecule has 0 radical (unpaired) electrons. The number of nitrogens with one attached hydrogen (secondary N) is 1. The summed E-state index contributed by atoms with van der Waals surface area (Å²) in [7, 11) is 1.83. The SMILES string of the molecule is CN=C(NCc1coc(-c2ccc(C)cc2)n1)N1CCC(C)C(n2ccnc2)C1.I. The van der Waals surface area contributed by atoms with Crippen molar-refractivity contribution in [2.75, 3.05) is 20.1 Å². The molecular formula is C22H29IN6O. The zero-order chi connectivity index (χ0) is 20.2. The molecule has 0 amide bonds. The quantitative estimate of drug-likeness (QED) is 0.319. The fraction of sp³-hybridized carbons (Fsp3) is 0.409. The Morgan fingerprint density at radius 3 is 2.80 bits per heavy atom. The summed E-state index contributed by atoms with van der Waals surface area (Å²) in [5.41, 5.74) is 3.06. The minimum atomic E-state index is 0. The van der Waals surface area contributed by atoms with Crippen LogP contribution in [0.1, 0.15) is 30.6 Å². The van der Waals surface area contributed by atoms with Crippen LogP contribution < -0.4 is 5.32 Å². The van der Waals surface area contributed by atoms with Crippen LogP contribution in [0.5, 0.6) is 0 Å². The zero-order valence-electron chi connectivity index (χ0n) is 17.7. The van der Waals surface area contributed by atoms with Crippen molar-refractivity contribution in [3.05, 3.63) is 60.5 Å². The van der Waals surface area contributed by atoms with Crippen LogP contribution in [0, 0.1) is 12.8 Å². The Morgan fingerprint density at radius 2 is 2.10 bits per heavy atom. The Labute approximate surface area is 194 Å². The number of aromatic nitrogens is 3. The molecule has 2 aromatic heterocycles. The predicted molar refractivity (Wildman–Crippen MR) is 129 cm³/mol. The second-order valence-electron chi connectivity index (χ2n) is 7.70. The lowest BCUT2D eigenvalue weighted by molar-refractivity contribution is 0.189. The molecule has 0 aliphatic carbocycles. The molecule has 1 aliphatic rings. The number of guanidine groups is 1. The van der Waals surface area contributed by atoms with E-state index in [-0.39, 0.29) is 24.0 Å². The highest BCUT2D eigenvalue weighted by atomic mass is 127. The summed E-state index contributed by atoms with van der Waals surface area (Å²) in [4.78, 5) is 15.6. The Kier molecular flexibility index (Phi) is 7.52. The average molecular weight is 520 g/mol. The van der Waals surface area contributed by atoms with E-state index >= 15 is 0 Å². The van der Waals surface area contributed by atoms with Crippen LogP contribution in [-0.2, 0) is 6.54 Å². The van der Waals surface area contributed by atoms with Crippen molar-refractivity contribution in [3.8, 4) is 11.5 Å². The third-order valence-electron chi connectivity index (χ3n) is 5.62. The second kappa shape index (κ2) is 10.1. The minimum Gasteiger partial charge on any atom is -0.444 e. The van der Waals surface area contributed by atoms with Crippen LogP contribution in [0.15, 0.2) is 58.7 Å². The van der Waals surface area contributed by atoms with E-state index < -0.39 is 0 Å². The topological polar surface area (TPSA) is 71.5 Å². The van der Waals surface area contributed by atoms with Crippen LogP contribution in [-0.4, -0.2) is 45.5 Å². The van der Waals surface area contributed by atoms with Gasteiger partial charge in [-0.2, -0.15) is 0 Å². The molecule has 1 saturated heterocycles. The lowest BCUT2D eigenvalue weighted by Crippen LogP contribution is -2.48. The summed E-state index contributed by atoms with van der Waals surface area (Å²) in [6, 6.07) is 8.58. The second-order valence-corrected chi connectivity index (χ2v) is 7.70. The third kappa shape index (κ3) is 5.03. The molecule has 30 heavy (non-hydrogen) atoms. The minimum absolute atomic E-state index is 0. The van der Waals surface area contributed by atoms with Gasteiger partial charge in [0.25, 0.3) is 0 Å². The molecule has 0 spiro atoms. The number of benzene rings is 1. The molecule has 7 nitrogen and oxygen atoms in total. The highest BCUT2D eigenvalue weighted by molar-refractivity contribution is 14.0. The van der Waals surface area contributed by atoms with E-state index in [0.29, 0.717) is 24.4 Å². The maximum Gasteiger partial charge on any atom is 0.226 e. The smallest absolute Gasteiger partial charge is 0.226 e. The third-order valence-corrected chi connectivity index (χ3v) is 5.62. The van der Waals surface area contributed by atoms with Gasteiger partial charge in [0, 0.05) is 38.1 Å². The van der Waals surface area contributed by atoms with Crippen molar-refractivity contribution in [2.24, 2.45) is 10.9 Å². The van der Waals surface area contributed by atoms with Gasteiger partial charge in [-0.3, -0.25) is 4.99 Å². The molecule has 2 unspecified atom stereocenters. The number of aliphatic imine (C=N–C) groups is 1. The Balaban J connectivity index is 0.00000256. The summed E-state index contributed by atoms with van der Waals surface area (Å²) in [5.74, 6) is 2.14. The number of piperidine rings is 1. The largest absolute Gasteiger partial charge is 0.444 e. The number of likely N-dealkylation sites (tertiary alicyclic amines) is 1. The fourth-order valence-corrected chi connectivity index (χ4v) is 3.81. The van der Waals surface area contributed by atoms with Gasteiger partial charge < -0.3 is 19.2 Å². The Morgan fingerprint density at radius 1 is 1.30 bits per heavy atom. The highest BCUT2D eigenvalue weighted by Gasteiger charge is 2.28. The van der Waals surface area contributed by atoms with Crippen molar-refractivity contribution < 1.29 is 4.42 Å². The van der Waals surface area contributed by atoms with Crippen LogP contribution in [0.4, 0.5) is 0 Å². The lowest BCUT2D eigenvalue weighted by atomic mass is 9.93. The molecule has 0 saturated carbocycles. The van der Waals surface area contributed by atoms with Crippen molar-refractivity contribution in [3.63, 3.8) is 0 Å². The number of oxazole rings is 1. The van der Waals surface area contributed by atoms with Gasteiger partial charge in [0.15, 0.2) is 5.96 Å². The first-order chi connectivity index (χ1) is 14.1. The summed E-state index contributed by atoms with van der Waals surface area (Å²) < 4.78 is 7.87. The number of imidazole rings is 1. The van der Waals surface area contributed by atoms with Crippen LogP contribution in [0.3, 0.4) is 0 Å². The van der Waals surface area contributed by atoms with E-state index in [1.54, 1.807) is 6.26 Å². The van der Waals surface area contributed by atoms with Crippen LogP contribution in [0.25, 0.3) is 11.5 Å². The Hall–Kier alpha value is -2.36. The molecule has 1 aromatic carbocycles.